The molecule has 19 heavy (non-hydrogen) atoms. The Hall–Kier alpha value is -2.02. The molecule has 0 fully saturated rings. The zero-order valence-electron chi connectivity index (χ0n) is 10.2. The quantitative estimate of drug-likeness (QED) is 0.793. The Morgan fingerprint density at radius 3 is 2.74 bits per heavy atom. The second kappa shape index (κ2) is 5.31. The molecule has 0 aliphatic rings. The van der Waals surface area contributed by atoms with Crippen molar-refractivity contribution in [2.24, 2.45) is 0 Å². The lowest BCUT2D eigenvalue weighted by atomic mass is 10.1. The number of rotatable bonds is 3. The lowest BCUT2D eigenvalue weighted by Gasteiger charge is -2.10. The van der Waals surface area contributed by atoms with Crippen LogP contribution in [0.25, 0.3) is 0 Å². The molecule has 0 amide bonds. The Morgan fingerprint density at radius 2 is 2.11 bits per heavy atom. The first kappa shape index (κ1) is 13.4. The number of ether oxygens (including phenoxy) is 1. The van der Waals surface area contributed by atoms with Crippen LogP contribution < -0.4 is 16.2 Å². The third kappa shape index (κ3) is 2.87. The fourth-order valence-electron chi connectivity index (χ4n) is 1.68. The zero-order chi connectivity index (χ0) is 14.0. The molecule has 100 valence electrons. The highest BCUT2D eigenvalue weighted by Crippen LogP contribution is 2.35. The Morgan fingerprint density at radius 1 is 1.37 bits per heavy atom. The summed E-state index contributed by atoms with van der Waals surface area (Å²) in [6, 6.07) is 3.52. The SMILES string of the molecule is COc1cc(Cc2cnc(N)nc2N)cc(Br)c1O. The number of aromatic nitrogens is 2. The number of phenolic OH excluding ortho intramolecular Hbond substituents is 1. The summed E-state index contributed by atoms with van der Waals surface area (Å²) in [4.78, 5) is 7.82. The maximum Gasteiger partial charge on any atom is 0.221 e. The van der Waals surface area contributed by atoms with E-state index in [2.05, 4.69) is 25.9 Å². The van der Waals surface area contributed by atoms with Crippen molar-refractivity contribution in [3.63, 3.8) is 0 Å². The average molecular weight is 325 g/mol. The Balaban J connectivity index is 2.35. The fourth-order valence-corrected chi connectivity index (χ4v) is 2.16. The van der Waals surface area contributed by atoms with Gasteiger partial charge in [0.05, 0.1) is 11.6 Å². The van der Waals surface area contributed by atoms with Crippen LogP contribution in [0.15, 0.2) is 22.8 Å². The summed E-state index contributed by atoms with van der Waals surface area (Å²) in [5, 5.41) is 9.74. The minimum Gasteiger partial charge on any atom is -0.503 e. The molecule has 0 atom stereocenters. The molecule has 7 heteroatoms. The van der Waals surface area contributed by atoms with Gasteiger partial charge in [-0.25, -0.2) is 4.98 Å². The van der Waals surface area contributed by atoms with Crippen LogP contribution in [-0.2, 0) is 6.42 Å². The molecule has 0 saturated carbocycles. The van der Waals surface area contributed by atoms with Gasteiger partial charge in [-0.3, -0.25) is 0 Å². The number of aromatic hydroxyl groups is 1. The first-order valence-corrected chi connectivity index (χ1v) is 6.22. The lowest BCUT2D eigenvalue weighted by molar-refractivity contribution is 0.371. The molecule has 1 aromatic carbocycles. The van der Waals surface area contributed by atoms with Crippen molar-refractivity contribution >= 4 is 27.7 Å². The van der Waals surface area contributed by atoms with Gasteiger partial charge >= 0.3 is 0 Å². The van der Waals surface area contributed by atoms with Gasteiger partial charge in [-0.05, 0) is 33.6 Å². The van der Waals surface area contributed by atoms with Gasteiger partial charge in [-0.15, -0.1) is 0 Å². The van der Waals surface area contributed by atoms with Crippen molar-refractivity contribution < 1.29 is 9.84 Å². The molecular weight excluding hydrogens is 312 g/mol. The highest BCUT2D eigenvalue weighted by molar-refractivity contribution is 9.10. The van der Waals surface area contributed by atoms with Gasteiger partial charge in [0.25, 0.3) is 0 Å². The van der Waals surface area contributed by atoms with Crippen LogP contribution in [0.5, 0.6) is 11.5 Å². The molecule has 6 nitrogen and oxygen atoms in total. The number of halogens is 1. The summed E-state index contributed by atoms with van der Waals surface area (Å²) in [6.45, 7) is 0. The number of phenols is 1. The third-order valence-electron chi connectivity index (χ3n) is 2.62. The second-order valence-corrected chi connectivity index (χ2v) is 4.80. The summed E-state index contributed by atoms with van der Waals surface area (Å²) >= 11 is 3.27. The van der Waals surface area contributed by atoms with Crippen LogP contribution >= 0.6 is 15.9 Å². The van der Waals surface area contributed by atoms with Gasteiger partial charge in [0.2, 0.25) is 5.95 Å². The molecule has 0 bridgehead atoms. The maximum absolute atomic E-state index is 9.74. The van der Waals surface area contributed by atoms with Crippen LogP contribution in [0.2, 0.25) is 0 Å². The van der Waals surface area contributed by atoms with Gasteiger partial charge in [0.15, 0.2) is 11.5 Å². The van der Waals surface area contributed by atoms with E-state index in [0.717, 1.165) is 11.1 Å². The molecule has 0 radical (unpaired) electrons. The van der Waals surface area contributed by atoms with Gasteiger partial charge < -0.3 is 21.3 Å². The standard InChI is InChI=1S/C12H13BrN4O2/c1-19-9-4-6(3-8(13)10(9)18)2-7-5-16-12(15)17-11(7)14/h3-5,18H,2H2,1H3,(H4,14,15,16,17). The first-order valence-electron chi connectivity index (χ1n) is 5.43. The van der Waals surface area contributed by atoms with Gasteiger partial charge in [-0.2, -0.15) is 4.98 Å². The van der Waals surface area contributed by atoms with Crippen LogP contribution in [-0.4, -0.2) is 22.2 Å². The molecule has 0 unspecified atom stereocenters. The van der Waals surface area contributed by atoms with Crippen LogP contribution in [0.4, 0.5) is 11.8 Å². The van der Waals surface area contributed by atoms with E-state index in [1.165, 1.54) is 7.11 Å². The van der Waals surface area contributed by atoms with Crippen molar-refractivity contribution in [1.82, 2.24) is 9.97 Å². The topological polar surface area (TPSA) is 107 Å². The normalized spacial score (nSPS) is 10.4. The number of anilines is 2. The molecule has 5 N–H and O–H groups in total. The number of benzene rings is 1. The van der Waals surface area contributed by atoms with Gasteiger partial charge in [0.1, 0.15) is 5.82 Å². The average Bonchev–Trinajstić information content (AvgIpc) is 2.37. The lowest BCUT2D eigenvalue weighted by Crippen LogP contribution is -2.04. The Bertz CT molecular complexity index is 619. The monoisotopic (exact) mass is 324 g/mol. The first-order chi connectivity index (χ1) is 9.01. The molecule has 0 aliphatic heterocycles. The molecule has 1 aromatic heterocycles. The summed E-state index contributed by atoms with van der Waals surface area (Å²) in [5.74, 6) is 0.938. The van der Waals surface area contributed by atoms with E-state index in [-0.39, 0.29) is 11.7 Å². The van der Waals surface area contributed by atoms with Crippen LogP contribution in [0.1, 0.15) is 11.1 Å². The van der Waals surface area contributed by atoms with E-state index < -0.39 is 0 Å². The Labute approximate surface area is 118 Å². The summed E-state index contributed by atoms with van der Waals surface area (Å²) < 4.78 is 5.64. The van der Waals surface area contributed by atoms with Crippen LogP contribution in [0, 0.1) is 0 Å². The van der Waals surface area contributed by atoms with E-state index in [4.69, 9.17) is 16.2 Å². The molecule has 0 spiro atoms. The summed E-state index contributed by atoms with van der Waals surface area (Å²) in [6.07, 6.45) is 2.10. The van der Waals surface area contributed by atoms with Crippen molar-refractivity contribution in [2.75, 3.05) is 18.6 Å². The minimum absolute atomic E-state index is 0.0628. The van der Waals surface area contributed by atoms with E-state index in [1.54, 1.807) is 18.3 Å². The van der Waals surface area contributed by atoms with Gasteiger partial charge in [-0.1, -0.05) is 0 Å². The van der Waals surface area contributed by atoms with Gasteiger partial charge in [0, 0.05) is 18.2 Å². The molecule has 2 aromatic rings. The second-order valence-electron chi connectivity index (χ2n) is 3.94. The molecular formula is C12H13BrN4O2. The third-order valence-corrected chi connectivity index (χ3v) is 3.22. The van der Waals surface area contributed by atoms with E-state index in [9.17, 15) is 5.11 Å². The predicted molar refractivity (Wildman–Crippen MR) is 76.0 cm³/mol. The molecule has 0 saturated heterocycles. The largest absolute Gasteiger partial charge is 0.503 e. The number of hydrogen-bond acceptors (Lipinski definition) is 6. The minimum atomic E-state index is 0.0628. The van der Waals surface area contributed by atoms with Crippen molar-refractivity contribution in [3.8, 4) is 11.5 Å². The van der Waals surface area contributed by atoms with E-state index >= 15 is 0 Å². The smallest absolute Gasteiger partial charge is 0.221 e. The van der Waals surface area contributed by atoms with E-state index in [0.29, 0.717) is 22.5 Å². The van der Waals surface area contributed by atoms with E-state index in [1.807, 2.05) is 0 Å². The number of nitrogens with zero attached hydrogens (tertiary/aromatic N) is 2. The van der Waals surface area contributed by atoms with Crippen LogP contribution in [0.3, 0.4) is 0 Å². The number of nitrogen functional groups attached to an aromatic ring is 2. The number of methoxy groups -OCH3 is 1. The fraction of sp³-hybridized carbons (Fsp3) is 0.167. The summed E-state index contributed by atoms with van der Waals surface area (Å²) in [7, 11) is 1.49. The predicted octanol–water partition coefficient (Wildman–Crippen LogP) is 1.71. The molecule has 0 aliphatic carbocycles. The number of hydrogen-bond donors (Lipinski definition) is 3. The Kier molecular flexibility index (Phi) is 3.75. The number of nitrogens with two attached hydrogens (primary N) is 2. The highest BCUT2D eigenvalue weighted by atomic mass is 79.9. The maximum atomic E-state index is 9.74. The van der Waals surface area contributed by atoms with Crippen molar-refractivity contribution in [3.05, 3.63) is 33.9 Å². The zero-order valence-corrected chi connectivity index (χ0v) is 11.8. The molecule has 2 rings (SSSR count). The van der Waals surface area contributed by atoms with Crippen molar-refractivity contribution in [2.45, 2.75) is 6.42 Å². The van der Waals surface area contributed by atoms with Crippen molar-refractivity contribution in [1.29, 1.82) is 0 Å². The summed E-state index contributed by atoms with van der Waals surface area (Å²) in [5.41, 5.74) is 12.9. The molecule has 1 heterocycles. The highest BCUT2D eigenvalue weighted by Gasteiger charge is 2.10.